The van der Waals surface area contributed by atoms with Gasteiger partial charge in [0.2, 0.25) is 0 Å². The molecule has 0 saturated carbocycles. The van der Waals surface area contributed by atoms with Crippen LogP contribution in [0.4, 0.5) is 0 Å². The molecule has 0 aliphatic carbocycles. The van der Waals surface area contributed by atoms with Crippen LogP contribution in [0.1, 0.15) is 58.2 Å². The van der Waals surface area contributed by atoms with Crippen LogP contribution in [0.3, 0.4) is 0 Å². The molecule has 0 fully saturated rings. The van der Waals surface area contributed by atoms with E-state index in [9.17, 15) is 24.9 Å². The van der Waals surface area contributed by atoms with E-state index in [1.54, 1.807) is 12.1 Å². The van der Waals surface area contributed by atoms with Gasteiger partial charge in [0.05, 0.1) is 19.8 Å². The summed E-state index contributed by atoms with van der Waals surface area (Å²) >= 11 is 0. The minimum Gasteiger partial charge on any atom is -0.508 e. The minimum absolute atomic E-state index is 0.0248. The molecule has 0 atom stereocenters. The number of hydrogen-bond acceptors (Lipinski definition) is 7. The average Bonchev–Trinajstić information content (AvgIpc) is 2.85. The third kappa shape index (κ3) is 7.24. The molecule has 7 heteroatoms. The largest absolute Gasteiger partial charge is 0.508 e. The molecule has 190 valence electrons. The molecule has 0 saturated heterocycles. The van der Waals surface area contributed by atoms with Gasteiger partial charge in [-0.1, -0.05) is 30.3 Å². The molecular formula is C29H33NO6. The van der Waals surface area contributed by atoms with Gasteiger partial charge in [0, 0.05) is 34.3 Å². The number of aromatic hydroxyl groups is 2. The standard InChI is InChI=1S/C29H33NO6/c1-29(2,3)30(15-20-7-5-4-6-8-20)16-27(34)21-9-12-26(33)24(14-21)18-36-19-28(35)22-10-11-25(32)23(13-22)17-31/h4-14,31-33H,15-19H2,1-3H3. The number of aliphatic hydroxyl groups is 1. The van der Waals surface area contributed by atoms with Crippen molar-refractivity contribution >= 4 is 11.6 Å². The predicted octanol–water partition coefficient (Wildman–Crippen LogP) is 4.47. The molecule has 3 N–H and O–H groups in total. The summed E-state index contributed by atoms with van der Waals surface area (Å²) in [5, 5.41) is 29.2. The molecule has 3 aromatic rings. The van der Waals surface area contributed by atoms with Gasteiger partial charge in [0.25, 0.3) is 0 Å². The zero-order valence-corrected chi connectivity index (χ0v) is 20.9. The number of hydrogen-bond donors (Lipinski definition) is 3. The second kappa shape index (κ2) is 11.9. The first kappa shape index (κ1) is 27.1. The highest BCUT2D eigenvalue weighted by Crippen LogP contribution is 2.23. The van der Waals surface area contributed by atoms with Crippen molar-refractivity contribution in [2.45, 2.75) is 46.1 Å². The normalized spacial score (nSPS) is 11.6. The van der Waals surface area contributed by atoms with Crippen molar-refractivity contribution in [1.29, 1.82) is 0 Å². The van der Waals surface area contributed by atoms with Crippen molar-refractivity contribution in [3.05, 3.63) is 94.5 Å². The van der Waals surface area contributed by atoms with Crippen molar-refractivity contribution in [3.63, 3.8) is 0 Å². The van der Waals surface area contributed by atoms with Gasteiger partial charge in [-0.2, -0.15) is 0 Å². The van der Waals surface area contributed by atoms with E-state index < -0.39 is 0 Å². The third-order valence-electron chi connectivity index (χ3n) is 5.96. The van der Waals surface area contributed by atoms with Crippen LogP contribution in [0.5, 0.6) is 11.5 Å². The smallest absolute Gasteiger partial charge is 0.188 e. The van der Waals surface area contributed by atoms with E-state index in [-0.39, 0.29) is 60.5 Å². The molecule has 0 aliphatic heterocycles. The lowest BCUT2D eigenvalue weighted by atomic mass is 10.0. The molecular weight excluding hydrogens is 458 g/mol. The quantitative estimate of drug-likeness (QED) is 0.340. The Morgan fingerprint density at radius 2 is 1.42 bits per heavy atom. The highest BCUT2D eigenvalue weighted by atomic mass is 16.5. The fraction of sp³-hybridized carbons (Fsp3) is 0.310. The molecule has 0 radical (unpaired) electrons. The number of aliphatic hydroxyl groups excluding tert-OH is 1. The summed E-state index contributed by atoms with van der Waals surface area (Å²) < 4.78 is 5.51. The first-order chi connectivity index (χ1) is 17.1. The molecule has 0 bridgehead atoms. The number of benzene rings is 3. The molecule has 36 heavy (non-hydrogen) atoms. The molecule has 0 heterocycles. The summed E-state index contributed by atoms with van der Waals surface area (Å²) in [6.07, 6.45) is 0. The Morgan fingerprint density at radius 3 is 2.03 bits per heavy atom. The van der Waals surface area contributed by atoms with E-state index in [1.807, 2.05) is 30.3 Å². The number of carbonyl (C=O) groups is 2. The highest BCUT2D eigenvalue weighted by Gasteiger charge is 2.24. The Morgan fingerprint density at radius 1 is 0.833 bits per heavy atom. The first-order valence-electron chi connectivity index (χ1n) is 11.8. The van der Waals surface area contributed by atoms with E-state index in [1.165, 1.54) is 24.3 Å². The van der Waals surface area contributed by atoms with Crippen LogP contribution in [0.25, 0.3) is 0 Å². The Hall–Kier alpha value is -3.52. The fourth-order valence-corrected chi connectivity index (χ4v) is 3.70. The van der Waals surface area contributed by atoms with Crippen molar-refractivity contribution < 1.29 is 29.6 Å². The molecule has 0 spiro atoms. The van der Waals surface area contributed by atoms with E-state index in [2.05, 4.69) is 25.7 Å². The lowest BCUT2D eigenvalue weighted by Crippen LogP contribution is -2.43. The summed E-state index contributed by atoms with van der Waals surface area (Å²) in [5.41, 5.74) is 2.28. The Bertz CT molecular complexity index is 1200. The van der Waals surface area contributed by atoms with Crippen LogP contribution in [0.15, 0.2) is 66.7 Å². The molecule has 0 aromatic heterocycles. The zero-order valence-electron chi connectivity index (χ0n) is 20.9. The van der Waals surface area contributed by atoms with Gasteiger partial charge in [-0.05, 0) is 62.7 Å². The average molecular weight is 492 g/mol. The zero-order chi connectivity index (χ0) is 26.3. The Labute approximate surface area is 211 Å². The predicted molar refractivity (Wildman–Crippen MR) is 137 cm³/mol. The number of Topliss-reactive ketones (excluding diaryl/α,β-unsaturated/α-hetero) is 2. The van der Waals surface area contributed by atoms with E-state index in [0.29, 0.717) is 23.2 Å². The van der Waals surface area contributed by atoms with Gasteiger partial charge in [0.1, 0.15) is 18.1 Å². The molecule has 7 nitrogen and oxygen atoms in total. The Kier molecular flexibility index (Phi) is 8.98. The number of ketones is 2. The van der Waals surface area contributed by atoms with Gasteiger partial charge >= 0.3 is 0 Å². The van der Waals surface area contributed by atoms with Gasteiger partial charge < -0.3 is 20.1 Å². The second-order valence-corrected chi connectivity index (χ2v) is 9.70. The van der Waals surface area contributed by atoms with Gasteiger partial charge in [0.15, 0.2) is 11.6 Å². The topological polar surface area (TPSA) is 107 Å². The van der Waals surface area contributed by atoms with Crippen molar-refractivity contribution in [1.82, 2.24) is 4.90 Å². The van der Waals surface area contributed by atoms with Crippen LogP contribution in [-0.4, -0.2) is 50.5 Å². The maximum Gasteiger partial charge on any atom is 0.188 e. The third-order valence-corrected chi connectivity index (χ3v) is 5.96. The van der Waals surface area contributed by atoms with Gasteiger partial charge in [-0.3, -0.25) is 14.5 Å². The summed E-state index contributed by atoms with van der Waals surface area (Å²) in [6, 6.07) is 18.8. The molecule has 3 aromatic carbocycles. The number of ether oxygens (including phenoxy) is 1. The molecule has 0 amide bonds. The lowest BCUT2D eigenvalue weighted by molar-refractivity contribution is 0.0720. The van der Waals surface area contributed by atoms with Crippen LogP contribution in [0, 0.1) is 0 Å². The maximum absolute atomic E-state index is 13.2. The van der Waals surface area contributed by atoms with E-state index in [4.69, 9.17) is 4.74 Å². The SMILES string of the molecule is CC(C)(C)N(CC(=O)c1ccc(O)c(COCC(=O)c2ccc(O)c(CO)c2)c1)Cc1ccccc1. The van der Waals surface area contributed by atoms with Gasteiger partial charge in [-0.15, -0.1) is 0 Å². The van der Waals surface area contributed by atoms with Crippen molar-refractivity contribution in [3.8, 4) is 11.5 Å². The Balaban J connectivity index is 1.65. The number of carbonyl (C=O) groups excluding carboxylic acids is 2. The van der Waals surface area contributed by atoms with Crippen molar-refractivity contribution in [2.24, 2.45) is 0 Å². The summed E-state index contributed by atoms with van der Waals surface area (Å²) in [5.74, 6) is -0.532. The van der Waals surface area contributed by atoms with Crippen LogP contribution < -0.4 is 0 Å². The van der Waals surface area contributed by atoms with Crippen LogP contribution in [0.2, 0.25) is 0 Å². The van der Waals surface area contributed by atoms with Crippen LogP contribution >= 0.6 is 0 Å². The second-order valence-electron chi connectivity index (χ2n) is 9.70. The monoisotopic (exact) mass is 491 g/mol. The molecule has 0 aliphatic rings. The van der Waals surface area contributed by atoms with Gasteiger partial charge in [-0.25, -0.2) is 0 Å². The number of nitrogens with zero attached hydrogens (tertiary/aromatic N) is 1. The first-order valence-corrected chi connectivity index (χ1v) is 11.8. The minimum atomic E-state index is -0.388. The van der Waals surface area contributed by atoms with Crippen molar-refractivity contribution in [2.75, 3.05) is 13.2 Å². The lowest BCUT2D eigenvalue weighted by Gasteiger charge is -2.35. The molecule has 0 unspecified atom stereocenters. The van der Waals surface area contributed by atoms with Crippen LogP contribution in [-0.2, 0) is 24.5 Å². The molecule has 3 rings (SSSR count). The number of phenols is 2. The number of rotatable bonds is 11. The fourth-order valence-electron chi connectivity index (χ4n) is 3.70. The maximum atomic E-state index is 13.2. The highest BCUT2D eigenvalue weighted by molar-refractivity contribution is 5.98. The summed E-state index contributed by atoms with van der Waals surface area (Å²) in [6.45, 7) is 6.31. The summed E-state index contributed by atoms with van der Waals surface area (Å²) in [4.78, 5) is 27.7. The van der Waals surface area contributed by atoms with E-state index in [0.717, 1.165) is 5.56 Å². The number of phenolic OH excluding ortho intramolecular Hbond substituents is 1. The summed E-state index contributed by atoms with van der Waals surface area (Å²) in [7, 11) is 0. The van der Waals surface area contributed by atoms with E-state index >= 15 is 0 Å².